The lowest BCUT2D eigenvalue weighted by Crippen LogP contribution is -2.35. The Kier molecular flexibility index (Phi) is 4.79. The SMILES string of the molecule is CCOCC1CCN(c2nc(C(C)(C)C)ns2)CC1. The lowest BCUT2D eigenvalue weighted by molar-refractivity contribution is 0.100. The van der Waals surface area contributed by atoms with Crippen molar-refractivity contribution in [3.05, 3.63) is 5.82 Å². The largest absolute Gasteiger partial charge is 0.381 e. The third-order valence-electron chi connectivity index (χ3n) is 3.53. The highest BCUT2D eigenvalue weighted by atomic mass is 32.1. The van der Waals surface area contributed by atoms with E-state index in [0.717, 1.165) is 37.3 Å². The van der Waals surface area contributed by atoms with Gasteiger partial charge in [0.1, 0.15) is 5.82 Å². The van der Waals surface area contributed by atoms with Gasteiger partial charge in [0.2, 0.25) is 5.13 Å². The molecular weight excluding hydrogens is 258 g/mol. The summed E-state index contributed by atoms with van der Waals surface area (Å²) in [6.45, 7) is 12.4. The predicted molar refractivity (Wildman–Crippen MR) is 80.0 cm³/mol. The van der Waals surface area contributed by atoms with Crippen LogP contribution in [0.2, 0.25) is 0 Å². The van der Waals surface area contributed by atoms with Gasteiger partial charge in [-0.05, 0) is 25.7 Å². The number of rotatable bonds is 4. The van der Waals surface area contributed by atoms with Gasteiger partial charge in [0.05, 0.1) is 0 Å². The molecule has 2 heterocycles. The highest BCUT2D eigenvalue weighted by Gasteiger charge is 2.24. The summed E-state index contributed by atoms with van der Waals surface area (Å²) in [4.78, 5) is 7.06. The third-order valence-corrected chi connectivity index (χ3v) is 4.31. The summed E-state index contributed by atoms with van der Waals surface area (Å²) in [6, 6.07) is 0. The quantitative estimate of drug-likeness (QED) is 0.851. The minimum absolute atomic E-state index is 0.0437. The molecule has 4 nitrogen and oxygen atoms in total. The third kappa shape index (κ3) is 3.89. The van der Waals surface area contributed by atoms with Gasteiger partial charge in [0.15, 0.2) is 0 Å². The maximum atomic E-state index is 5.52. The fourth-order valence-electron chi connectivity index (χ4n) is 2.22. The van der Waals surface area contributed by atoms with Crippen molar-refractivity contribution in [1.29, 1.82) is 0 Å². The van der Waals surface area contributed by atoms with Crippen molar-refractivity contribution in [3.63, 3.8) is 0 Å². The zero-order valence-corrected chi connectivity index (χ0v) is 13.3. The number of aromatic nitrogens is 2. The molecule has 1 aliphatic rings. The Morgan fingerprint density at radius 1 is 1.32 bits per heavy atom. The van der Waals surface area contributed by atoms with Crippen LogP contribution in [-0.4, -0.2) is 35.7 Å². The van der Waals surface area contributed by atoms with Crippen LogP contribution < -0.4 is 4.90 Å². The van der Waals surface area contributed by atoms with Gasteiger partial charge in [0, 0.05) is 43.3 Å². The smallest absolute Gasteiger partial charge is 0.205 e. The molecule has 19 heavy (non-hydrogen) atoms. The second-order valence-electron chi connectivity index (χ2n) is 6.24. The van der Waals surface area contributed by atoms with Gasteiger partial charge in [0.25, 0.3) is 0 Å². The number of anilines is 1. The Hall–Kier alpha value is -0.680. The van der Waals surface area contributed by atoms with Crippen molar-refractivity contribution >= 4 is 16.7 Å². The van der Waals surface area contributed by atoms with E-state index in [4.69, 9.17) is 9.72 Å². The number of piperidine rings is 1. The maximum Gasteiger partial charge on any atom is 0.205 e. The van der Waals surface area contributed by atoms with E-state index in [0.29, 0.717) is 5.92 Å². The highest BCUT2D eigenvalue weighted by Crippen LogP contribution is 2.28. The first-order valence-corrected chi connectivity index (χ1v) is 7.95. The monoisotopic (exact) mass is 283 g/mol. The summed E-state index contributed by atoms with van der Waals surface area (Å²) >= 11 is 1.54. The van der Waals surface area contributed by atoms with Gasteiger partial charge in [-0.2, -0.15) is 4.37 Å². The zero-order valence-electron chi connectivity index (χ0n) is 12.5. The second-order valence-corrected chi connectivity index (χ2v) is 6.97. The van der Waals surface area contributed by atoms with Crippen LogP contribution in [0.5, 0.6) is 0 Å². The molecule has 0 unspecified atom stereocenters. The standard InChI is InChI=1S/C14H25N3OS/c1-5-18-10-11-6-8-17(9-7-11)13-15-12(16-19-13)14(2,3)4/h11H,5-10H2,1-4H3. The lowest BCUT2D eigenvalue weighted by Gasteiger charge is -2.31. The van der Waals surface area contributed by atoms with E-state index in [1.54, 1.807) is 0 Å². The topological polar surface area (TPSA) is 38.2 Å². The average molecular weight is 283 g/mol. The molecule has 1 aromatic rings. The van der Waals surface area contributed by atoms with E-state index in [9.17, 15) is 0 Å². The second kappa shape index (κ2) is 6.18. The van der Waals surface area contributed by atoms with Crippen molar-refractivity contribution in [2.45, 2.75) is 46.0 Å². The van der Waals surface area contributed by atoms with Gasteiger partial charge in [-0.3, -0.25) is 0 Å². The lowest BCUT2D eigenvalue weighted by atomic mass is 9.96. The maximum absolute atomic E-state index is 5.52. The van der Waals surface area contributed by atoms with Crippen LogP contribution in [0.25, 0.3) is 0 Å². The summed E-state index contributed by atoms with van der Waals surface area (Å²) in [6.07, 6.45) is 2.40. The van der Waals surface area contributed by atoms with Crippen LogP contribution in [0.15, 0.2) is 0 Å². The Bertz CT molecular complexity index is 392. The minimum atomic E-state index is 0.0437. The van der Waals surface area contributed by atoms with Crippen LogP contribution in [0.1, 0.15) is 46.4 Å². The minimum Gasteiger partial charge on any atom is -0.381 e. The van der Waals surface area contributed by atoms with E-state index in [1.165, 1.54) is 24.4 Å². The fourth-order valence-corrected chi connectivity index (χ4v) is 3.13. The van der Waals surface area contributed by atoms with E-state index in [-0.39, 0.29) is 5.41 Å². The van der Waals surface area contributed by atoms with Crippen LogP contribution in [0, 0.1) is 5.92 Å². The fraction of sp³-hybridized carbons (Fsp3) is 0.857. The van der Waals surface area contributed by atoms with Crippen LogP contribution in [0.3, 0.4) is 0 Å². The predicted octanol–water partition coefficient (Wildman–Crippen LogP) is 3.09. The molecule has 5 heteroatoms. The number of ether oxygens (including phenoxy) is 1. The number of hydrogen-bond acceptors (Lipinski definition) is 5. The highest BCUT2D eigenvalue weighted by molar-refractivity contribution is 7.09. The first-order valence-electron chi connectivity index (χ1n) is 7.17. The Balaban J connectivity index is 1.89. The Labute approximate surface area is 120 Å². The molecule has 0 spiro atoms. The first kappa shape index (κ1) is 14.7. The van der Waals surface area contributed by atoms with Gasteiger partial charge in [-0.25, -0.2) is 4.98 Å². The average Bonchev–Trinajstić information content (AvgIpc) is 2.86. The molecule has 0 atom stereocenters. The summed E-state index contributed by atoms with van der Waals surface area (Å²) in [5, 5.41) is 1.08. The summed E-state index contributed by atoms with van der Waals surface area (Å²) in [7, 11) is 0. The van der Waals surface area contributed by atoms with E-state index in [2.05, 4.69) is 37.0 Å². The zero-order chi connectivity index (χ0) is 13.9. The first-order chi connectivity index (χ1) is 9.00. The molecule has 0 aromatic carbocycles. The molecule has 0 aliphatic carbocycles. The summed E-state index contributed by atoms with van der Waals surface area (Å²) in [5.41, 5.74) is 0.0437. The van der Waals surface area contributed by atoms with Crippen molar-refractivity contribution in [2.24, 2.45) is 5.92 Å². The van der Waals surface area contributed by atoms with Crippen molar-refractivity contribution in [2.75, 3.05) is 31.2 Å². The van der Waals surface area contributed by atoms with Gasteiger partial charge in [-0.1, -0.05) is 20.8 Å². The van der Waals surface area contributed by atoms with Gasteiger partial charge < -0.3 is 9.64 Å². The molecule has 108 valence electrons. The summed E-state index contributed by atoms with van der Waals surface area (Å²) < 4.78 is 10.0. The number of nitrogens with zero attached hydrogens (tertiary/aromatic N) is 3. The van der Waals surface area contributed by atoms with Crippen LogP contribution >= 0.6 is 11.5 Å². The van der Waals surface area contributed by atoms with E-state index < -0.39 is 0 Å². The Morgan fingerprint density at radius 2 is 2.00 bits per heavy atom. The van der Waals surface area contributed by atoms with Gasteiger partial charge in [-0.15, -0.1) is 0 Å². The number of hydrogen-bond donors (Lipinski definition) is 0. The van der Waals surface area contributed by atoms with Crippen molar-refractivity contribution in [1.82, 2.24) is 9.36 Å². The normalized spacial score (nSPS) is 18.0. The van der Waals surface area contributed by atoms with Gasteiger partial charge >= 0.3 is 0 Å². The molecule has 1 aliphatic heterocycles. The molecule has 0 radical (unpaired) electrons. The van der Waals surface area contributed by atoms with E-state index >= 15 is 0 Å². The molecule has 0 saturated carbocycles. The van der Waals surface area contributed by atoms with Crippen molar-refractivity contribution in [3.8, 4) is 0 Å². The molecule has 0 amide bonds. The molecule has 0 bridgehead atoms. The molecule has 1 aromatic heterocycles. The molecule has 2 rings (SSSR count). The molecular formula is C14H25N3OS. The van der Waals surface area contributed by atoms with Crippen LogP contribution in [0.4, 0.5) is 5.13 Å². The Morgan fingerprint density at radius 3 is 2.53 bits per heavy atom. The molecule has 0 N–H and O–H groups in total. The molecule has 1 saturated heterocycles. The molecule has 1 fully saturated rings. The van der Waals surface area contributed by atoms with Crippen LogP contribution in [-0.2, 0) is 10.2 Å². The summed E-state index contributed by atoms with van der Waals surface area (Å²) in [5.74, 6) is 1.68. The van der Waals surface area contributed by atoms with E-state index in [1.807, 2.05) is 0 Å². The van der Waals surface area contributed by atoms with Crippen molar-refractivity contribution < 1.29 is 4.74 Å².